The van der Waals surface area contributed by atoms with Crippen molar-refractivity contribution in [3.63, 3.8) is 0 Å². The molecule has 1 aromatic heterocycles. The molecule has 0 radical (unpaired) electrons. The van der Waals surface area contributed by atoms with Gasteiger partial charge in [-0.15, -0.1) is 0 Å². The summed E-state index contributed by atoms with van der Waals surface area (Å²) in [7, 11) is 2.16. The molecule has 26 heavy (non-hydrogen) atoms. The third-order valence-electron chi connectivity index (χ3n) is 5.80. The molecule has 3 heteroatoms. The summed E-state index contributed by atoms with van der Waals surface area (Å²) in [5, 5.41) is 2.34. The van der Waals surface area contributed by atoms with Crippen LogP contribution in [0.4, 0.5) is 17.1 Å². The highest BCUT2D eigenvalue weighted by molar-refractivity contribution is 6.11. The van der Waals surface area contributed by atoms with E-state index in [9.17, 15) is 0 Å². The van der Waals surface area contributed by atoms with Gasteiger partial charge in [0.25, 0.3) is 0 Å². The molecule has 0 aliphatic carbocycles. The van der Waals surface area contributed by atoms with Gasteiger partial charge < -0.3 is 14.2 Å². The van der Waals surface area contributed by atoms with E-state index in [-0.39, 0.29) is 5.66 Å². The van der Waals surface area contributed by atoms with Gasteiger partial charge in [0.15, 0.2) is 5.58 Å². The zero-order valence-electron chi connectivity index (χ0n) is 15.6. The molecular formula is C23H22N2O. The van der Waals surface area contributed by atoms with E-state index in [4.69, 9.17) is 4.42 Å². The van der Waals surface area contributed by atoms with E-state index in [1.807, 2.05) is 12.1 Å². The van der Waals surface area contributed by atoms with Crippen LogP contribution in [0.3, 0.4) is 0 Å². The highest BCUT2D eigenvalue weighted by Crippen LogP contribution is 2.51. The Bertz CT molecular complexity index is 1160. The van der Waals surface area contributed by atoms with Crippen LogP contribution >= 0.6 is 0 Å². The molecule has 0 unspecified atom stereocenters. The van der Waals surface area contributed by atoms with Gasteiger partial charge in [0.1, 0.15) is 11.2 Å². The molecule has 4 aromatic rings. The number of hydrogen-bond donors (Lipinski definition) is 0. The van der Waals surface area contributed by atoms with E-state index < -0.39 is 0 Å². The van der Waals surface area contributed by atoms with Gasteiger partial charge in [-0.3, -0.25) is 0 Å². The second-order valence-corrected chi connectivity index (χ2v) is 7.58. The van der Waals surface area contributed by atoms with E-state index in [1.165, 1.54) is 27.7 Å². The van der Waals surface area contributed by atoms with E-state index in [1.54, 1.807) is 0 Å². The maximum Gasteiger partial charge on any atom is 0.159 e. The standard InChI is InChI=1S/C23H22N2O/c1-15-13-14-17-16-9-5-8-12-20(16)26-22(17)21(15)25-19-11-7-6-10-18(19)24(4)23(25,2)3/h5-14H,1-4H3. The van der Waals surface area contributed by atoms with Crippen LogP contribution in [0, 0.1) is 6.92 Å². The second-order valence-electron chi connectivity index (χ2n) is 7.58. The van der Waals surface area contributed by atoms with Gasteiger partial charge in [0.05, 0.1) is 17.1 Å². The number of aryl methyl sites for hydroxylation is 1. The van der Waals surface area contributed by atoms with Gasteiger partial charge in [-0.2, -0.15) is 0 Å². The SMILES string of the molecule is Cc1ccc2c(oc3ccccc32)c1N1c2ccccc2N(C)C1(C)C. The molecule has 3 nitrogen and oxygen atoms in total. The molecule has 0 fully saturated rings. The minimum atomic E-state index is -0.193. The van der Waals surface area contributed by atoms with Crippen molar-refractivity contribution in [2.24, 2.45) is 0 Å². The van der Waals surface area contributed by atoms with Crippen molar-refractivity contribution in [2.45, 2.75) is 26.4 Å². The lowest BCUT2D eigenvalue weighted by atomic mass is 10.0. The Hall–Kier alpha value is -2.94. The molecule has 3 aromatic carbocycles. The van der Waals surface area contributed by atoms with Crippen molar-refractivity contribution in [3.8, 4) is 0 Å². The molecule has 130 valence electrons. The van der Waals surface area contributed by atoms with Crippen LogP contribution in [-0.2, 0) is 0 Å². The predicted octanol–water partition coefficient (Wildman–Crippen LogP) is 6.22. The zero-order valence-corrected chi connectivity index (χ0v) is 15.6. The number of rotatable bonds is 1. The highest BCUT2D eigenvalue weighted by Gasteiger charge is 2.42. The Morgan fingerprint density at radius 2 is 1.50 bits per heavy atom. The van der Waals surface area contributed by atoms with E-state index >= 15 is 0 Å². The van der Waals surface area contributed by atoms with Crippen molar-refractivity contribution < 1.29 is 4.42 Å². The largest absolute Gasteiger partial charge is 0.454 e. The minimum absolute atomic E-state index is 0.193. The molecule has 0 atom stereocenters. The number of para-hydroxylation sites is 3. The Balaban J connectivity index is 1.88. The number of benzene rings is 3. The van der Waals surface area contributed by atoms with Crippen LogP contribution < -0.4 is 9.80 Å². The molecule has 1 aliphatic rings. The summed E-state index contributed by atoms with van der Waals surface area (Å²) >= 11 is 0. The Kier molecular flexibility index (Phi) is 2.97. The Labute approximate surface area is 153 Å². The summed E-state index contributed by atoms with van der Waals surface area (Å²) in [6.07, 6.45) is 0. The van der Waals surface area contributed by atoms with Crippen LogP contribution in [0.25, 0.3) is 21.9 Å². The summed E-state index contributed by atoms with van der Waals surface area (Å²) in [6, 6.07) is 21.2. The number of furan rings is 1. The number of fused-ring (bicyclic) bond motifs is 4. The van der Waals surface area contributed by atoms with Crippen LogP contribution in [0.1, 0.15) is 19.4 Å². The maximum atomic E-state index is 6.36. The molecule has 0 bridgehead atoms. The fourth-order valence-electron chi connectivity index (χ4n) is 4.22. The Morgan fingerprint density at radius 3 is 2.31 bits per heavy atom. The van der Waals surface area contributed by atoms with Crippen molar-refractivity contribution in [2.75, 3.05) is 16.8 Å². The maximum absolute atomic E-state index is 6.36. The normalized spacial score (nSPS) is 15.8. The molecular weight excluding hydrogens is 320 g/mol. The quantitative estimate of drug-likeness (QED) is 0.409. The van der Waals surface area contributed by atoms with Crippen LogP contribution in [0.5, 0.6) is 0 Å². The molecule has 1 aliphatic heterocycles. The van der Waals surface area contributed by atoms with Crippen molar-refractivity contribution >= 4 is 39.0 Å². The number of hydrogen-bond acceptors (Lipinski definition) is 3. The molecule has 0 N–H and O–H groups in total. The first-order valence-corrected chi connectivity index (χ1v) is 9.04. The molecule has 5 rings (SSSR count). The van der Waals surface area contributed by atoms with Crippen LogP contribution in [0.2, 0.25) is 0 Å². The fraction of sp³-hybridized carbons (Fsp3) is 0.217. The Morgan fingerprint density at radius 1 is 0.808 bits per heavy atom. The van der Waals surface area contributed by atoms with Gasteiger partial charge in [0.2, 0.25) is 0 Å². The van der Waals surface area contributed by atoms with Gasteiger partial charge in [0, 0.05) is 17.8 Å². The first kappa shape index (κ1) is 15.3. The van der Waals surface area contributed by atoms with Crippen LogP contribution in [0.15, 0.2) is 65.1 Å². The first-order chi connectivity index (χ1) is 12.5. The second kappa shape index (κ2) is 5.04. The lowest BCUT2D eigenvalue weighted by Gasteiger charge is -2.39. The van der Waals surface area contributed by atoms with E-state index in [2.05, 4.69) is 86.1 Å². The molecule has 0 amide bonds. The van der Waals surface area contributed by atoms with Gasteiger partial charge in [-0.1, -0.05) is 42.5 Å². The summed E-state index contributed by atoms with van der Waals surface area (Å²) in [5.41, 5.74) is 6.54. The van der Waals surface area contributed by atoms with E-state index in [0.29, 0.717) is 0 Å². The number of anilines is 3. The molecule has 0 saturated carbocycles. The number of nitrogens with zero attached hydrogens (tertiary/aromatic N) is 2. The van der Waals surface area contributed by atoms with Crippen molar-refractivity contribution in [1.82, 2.24) is 0 Å². The summed E-state index contributed by atoms with van der Waals surface area (Å²) in [4.78, 5) is 4.76. The van der Waals surface area contributed by atoms with Gasteiger partial charge in [-0.25, -0.2) is 0 Å². The summed E-state index contributed by atoms with van der Waals surface area (Å²) < 4.78 is 6.36. The average molecular weight is 342 g/mol. The third-order valence-corrected chi connectivity index (χ3v) is 5.80. The third kappa shape index (κ3) is 1.83. The summed E-state index contributed by atoms with van der Waals surface area (Å²) in [5.74, 6) is 0. The lowest BCUT2D eigenvalue weighted by molar-refractivity contribution is 0.519. The summed E-state index contributed by atoms with van der Waals surface area (Å²) in [6.45, 7) is 6.68. The monoisotopic (exact) mass is 342 g/mol. The lowest BCUT2D eigenvalue weighted by Crippen LogP contribution is -2.48. The zero-order chi connectivity index (χ0) is 18.1. The van der Waals surface area contributed by atoms with Gasteiger partial charge >= 0.3 is 0 Å². The van der Waals surface area contributed by atoms with Crippen molar-refractivity contribution in [1.29, 1.82) is 0 Å². The molecule has 2 heterocycles. The topological polar surface area (TPSA) is 19.6 Å². The van der Waals surface area contributed by atoms with E-state index in [0.717, 1.165) is 16.9 Å². The molecule has 0 spiro atoms. The first-order valence-electron chi connectivity index (χ1n) is 9.04. The van der Waals surface area contributed by atoms with Gasteiger partial charge in [-0.05, 0) is 44.5 Å². The predicted molar refractivity (Wildman–Crippen MR) is 110 cm³/mol. The molecule has 0 saturated heterocycles. The fourth-order valence-corrected chi connectivity index (χ4v) is 4.22. The van der Waals surface area contributed by atoms with Crippen LogP contribution in [-0.4, -0.2) is 12.7 Å². The average Bonchev–Trinajstić information content (AvgIpc) is 3.10. The minimum Gasteiger partial charge on any atom is -0.454 e. The highest BCUT2D eigenvalue weighted by atomic mass is 16.3. The van der Waals surface area contributed by atoms with Crippen molar-refractivity contribution in [3.05, 3.63) is 66.2 Å². The smallest absolute Gasteiger partial charge is 0.159 e.